The van der Waals surface area contributed by atoms with Crippen LogP contribution in [0.1, 0.15) is 240 Å². The average molecular weight is 773 g/mol. The van der Waals surface area contributed by atoms with Gasteiger partial charge in [-0.05, 0) is 37.2 Å². The molecule has 0 N–H and O–H groups in total. The van der Waals surface area contributed by atoms with Crippen molar-refractivity contribution in [1.82, 2.24) is 0 Å². The van der Waals surface area contributed by atoms with Crippen molar-refractivity contribution in [2.24, 2.45) is 0 Å². The predicted molar refractivity (Wildman–Crippen MR) is 238 cm³/mol. The third kappa shape index (κ3) is 58.7. The highest BCUT2D eigenvalue weighted by atomic mass is 32.2. The number of hydrogen-bond acceptors (Lipinski definition) is 6. The minimum atomic E-state index is -0.305. The fourth-order valence-electron chi connectivity index (χ4n) is 5.80. The quantitative estimate of drug-likeness (QED) is 0.0292. The summed E-state index contributed by atoms with van der Waals surface area (Å²) in [6, 6.07) is 0. The first-order chi connectivity index (χ1) is 25.5. The zero-order valence-corrected chi connectivity index (χ0v) is 37.4. The second kappa shape index (κ2) is 54.7. The standard InChI is InChI=1S/C23H46O2S.C15H28O2.C8H18S/c1-3-5-7-9-11-12-13-14-15-17-20-25-23(24)19-22-26-21-18-16-10-8-6-4-2;1-3-5-6-7-8-9-10-11-12-13-14-17-15(16)4-2;1-2-3-4-5-6-7-8-9/h3-22H2,1-2H3;4H,2-3,5-14H2,1H3;9H,2-8H2,1H3. The highest BCUT2D eigenvalue weighted by Gasteiger charge is 2.03. The number of carbonyl (C=O) groups is 2. The maximum absolute atomic E-state index is 11.7. The van der Waals surface area contributed by atoms with Gasteiger partial charge in [0.25, 0.3) is 0 Å². The van der Waals surface area contributed by atoms with Crippen molar-refractivity contribution in [3.63, 3.8) is 0 Å². The molecule has 0 amide bonds. The van der Waals surface area contributed by atoms with E-state index in [1.54, 1.807) is 0 Å². The summed E-state index contributed by atoms with van der Waals surface area (Å²) < 4.78 is 10.2. The zero-order valence-electron chi connectivity index (χ0n) is 35.6. The lowest BCUT2D eigenvalue weighted by atomic mass is 10.1. The minimum absolute atomic E-state index is 0.00336. The fourth-order valence-corrected chi connectivity index (χ4v) is 6.95. The Morgan fingerprint density at radius 2 is 0.788 bits per heavy atom. The lowest BCUT2D eigenvalue weighted by Crippen LogP contribution is -2.07. The Bertz CT molecular complexity index is 667. The highest BCUT2D eigenvalue weighted by molar-refractivity contribution is 7.99. The molecule has 0 aromatic rings. The first-order valence-electron chi connectivity index (χ1n) is 22.7. The van der Waals surface area contributed by atoms with Gasteiger partial charge in [0, 0.05) is 11.8 Å². The van der Waals surface area contributed by atoms with Gasteiger partial charge in [-0.2, -0.15) is 24.4 Å². The van der Waals surface area contributed by atoms with Gasteiger partial charge < -0.3 is 9.47 Å². The summed E-state index contributed by atoms with van der Waals surface area (Å²) in [6.45, 7) is 13.5. The van der Waals surface area contributed by atoms with E-state index in [4.69, 9.17) is 9.47 Å². The molecule has 0 bridgehead atoms. The maximum Gasteiger partial charge on any atom is 0.330 e. The van der Waals surface area contributed by atoms with E-state index in [0.717, 1.165) is 24.3 Å². The zero-order chi connectivity index (χ0) is 38.9. The summed E-state index contributed by atoms with van der Waals surface area (Å²) >= 11 is 6.05. The number of thioether (sulfide) groups is 1. The molecule has 0 unspecified atom stereocenters. The van der Waals surface area contributed by atoms with Crippen LogP contribution >= 0.6 is 24.4 Å². The second-order valence-corrected chi connectivity index (χ2v) is 16.2. The maximum atomic E-state index is 11.7. The molecule has 0 aliphatic rings. The van der Waals surface area contributed by atoms with Crippen LogP contribution in [-0.2, 0) is 19.1 Å². The molecule has 0 rings (SSSR count). The molecule has 0 saturated carbocycles. The van der Waals surface area contributed by atoms with Crippen LogP contribution in [-0.4, -0.2) is 42.4 Å². The molecule has 0 radical (unpaired) electrons. The molecule has 0 heterocycles. The first kappa shape index (κ1) is 55.7. The van der Waals surface area contributed by atoms with E-state index in [2.05, 4.69) is 46.9 Å². The van der Waals surface area contributed by atoms with Gasteiger partial charge in [-0.3, -0.25) is 4.79 Å². The topological polar surface area (TPSA) is 52.6 Å². The molecule has 52 heavy (non-hydrogen) atoms. The number of ether oxygens (including phenoxy) is 2. The summed E-state index contributed by atoms with van der Waals surface area (Å²) in [7, 11) is 0. The van der Waals surface area contributed by atoms with Crippen LogP contribution in [0.15, 0.2) is 12.7 Å². The van der Waals surface area contributed by atoms with Gasteiger partial charge >= 0.3 is 11.9 Å². The van der Waals surface area contributed by atoms with Gasteiger partial charge in [0.2, 0.25) is 0 Å². The minimum Gasteiger partial charge on any atom is -0.466 e. The molecule has 0 atom stereocenters. The number of thiol groups is 1. The molecule has 0 spiro atoms. The summed E-state index contributed by atoms with van der Waals surface area (Å²) in [4.78, 5) is 22.4. The first-order valence-corrected chi connectivity index (χ1v) is 24.5. The van der Waals surface area contributed by atoms with Crippen LogP contribution < -0.4 is 0 Å². The molecule has 0 aromatic carbocycles. The number of rotatable bonds is 39. The molecule has 0 aliphatic heterocycles. The lowest BCUT2D eigenvalue weighted by molar-refractivity contribution is -0.143. The average Bonchev–Trinajstić information content (AvgIpc) is 3.15. The van der Waals surface area contributed by atoms with Crippen molar-refractivity contribution < 1.29 is 19.1 Å². The van der Waals surface area contributed by atoms with Crippen molar-refractivity contribution in [2.45, 2.75) is 240 Å². The van der Waals surface area contributed by atoms with Crippen molar-refractivity contribution in [3.05, 3.63) is 12.7 Å². The van der Waals surface area contributed by atoms with Crippen LogP contribution in [0.25, 0.3) is 0 Å². The Morgan fingerprint density at radius 1 is 0.462 bits per heavy atom. The molecule has 0 aromatic heterocycles. The summed E-state index contributed by atoms with van der Waals surface area (Å²) in [5.41, 5.74) is 0. The van der Waals surface area contributed by atoms with E-state index < -0.39 is 0 Å². The molecule has 6 heteroatoms. The van der Waals surface area contributed by atoms with Crippen molar-refractivity contribution in [1.29, 1.82) is 0 Å². The highest BCUT2D eigenvalue weighted by Crippen LogP contribution is 2.13. The number of carbonyl (C=O) groups excluding carboxylic acids is 2. The Labute approximate surface area is 336 Å². The van der Waals surface area contributed by atoms with E-state index in [1.165, 1.54) is 204 Å². The molecule has 4 nitrogen and oxygen atoms in total. The molecule has 0 fully saturated rings. The van der Waals surface area contributed by atoms with Gasteiger partial charge in [-0.25, -0.2) is 4.79 Å². The summed E-state index contributed by atoms with van der Waals surface area (Å²) in [5.74, 6) is 2.87. The second-order valence-electron chi connectivity index (χ2n) is 14.6. The molecule has 0 saturated heterocycles. The normalized spacial score (nSPS) is 10.6. The number of hydrogen-bond donors (Lipinski definition) is 1. The van der Waals surface area contributed by atoms with Crippen LogP contribution in [0, 0.1) is 0 Å². The lowest BCUT2D eigenvalue weighted by Gasteiger charge is -2.05. The Balaban J connectivity index is -0.000000786. The van der Waals surface area contributed by atoms with E-state index >= 15 is 0 Å². The van der Waals surface area contributed by atoms with Crippen LogP contribution in [0.2, 0.25) is 0 Å². The summed E-state index contributed by atoms with van der Waals surface area (Å²) in [5, 5.41) is 0. The predicted octanol–water partition coefficient (Wildman–Crippen LogP) is 15.8. The van der Waals surface area contributed by atoms with Gasteiger partial charge in [-0.15, -0.1) is 0 Å². The van der Waals surface area contributed by atoms with Crippen LogP contribution in [0.4, 0.5) is 0 Å². The van der Waals surface area contributed by atoms with Crippen LogP contribution in [0.3, 0.4) is 0 Å². The molecule has 312 valence electrons. The van der Waals surface area contributed by atoms with E-state index in [-0.39, 0.29) is 11.9 Å². The number of unbranched alkanes of at least 4 members (excludes halogenated alkanes) is 28. The molecular weight excluding hydrogens is 681 g/mol. The third-order valence-electron chi connectivity index (χ3n) is 9.27. The Kier molecular flexibility index (Phi) is 58.6. The van der Waals surface area contributed by atoms with Crippen molar-refractivity contribution in [3.8, 4) is 0 Å². The summed E-state index contributed by atoms with van der Waals surface area (Å²) in [6.07, 6.45) is 44.3. The number of esters is 2. The third-order valence-corrected chi connectivity index (χ3v) is 10.7. The van der Waals surface area contributed by atoms with E-state index in [0.29, 0.717) is 19.6 Å². The van der Waals surface area contributed by atoms with Gasteiger partial charge in [0.15, 0.2) is 0 Å². The smallest absolute Gasteiger partial charge is 0.330 e. The van der Waals surface area contributed by atoms with Crippen LogP contribution in [0.5, 0.6) is 0 Å². The van der Waals surface area contributed by atoms with Crippen molar-refractivity contribution in [2.75, 3.05) is 30.5 Å². The molecule has 0 aliphatic carbocycles. The monoisotopic (exact) mass is 773 g/mol. The SMILES string of the molecule is C=CC(=O)OCCCCCCCCCCCC.CCCCCCCCCCCCOC(=O)CCSCCCCCCCC.CCCCCCCCS. The van der Waals surface area contributed by atoms with E-state index in [9.17, 15) is 9.59 Å². The fraction of sp³-hybridized carbons (Fsp3) is 0.913. The Morgan fingerprint density at radius 3 is 1.15 bits per heavy atom. The van der Waals surface area contributed by atoms with Crippen molar-refractivity contribution >= 4 is 36.3 Å². The van der Waals surface area contributed by atoms with E-state index in [1.807, 2.05) is 11.8 Å². The largest absolute Gasteiger partial charge is 0.466 e. The van der Waals surface area contributed by atoms with Gasteiger partial charge in [0.05, 0.1) is 19.6 Å². The van der Waals surface area contributed by atoms with Gasteiger partial charge in [-0.1, -0.05) is 214 Å². The van der Waals surface area contributed by atoms with Gasteiger partial charge in [0.1, 0.15) is 0 Å². The Hall–Kier alpha value is -0.620. The molecular formula is C46H92O4S2.